The summed E-state index contributed by atoms with van der Waals surface area (Å²) >= 11 is 0. The molecule has 2 rings (SSSR count). The number of rotatable bonds is 10. The molecule has 2 heterocycles. The zero-order valence-electron chi connectivity index (χ0n) is 13.0. The Labute approximate surface area is 127 Å². The van der Waals surface area contributed by atoms with Gasteiger partial charge in [-0.05, 0) is 32.2 Å². The van der Waals surface area contributed by atoms with Gasteiger partial charge in [0.05, 0.1) is 17.9 Å². The van der Waals surface area contributed by atoms with Crippen LogP contribution < -0.4 is 5.32 Å². The number of aromatic nitrogens is 3. The standard InChI is InChI=1S/C17H26N4/c1-3-5-6-7-8-9-16(19-10-4-2)15-13-20-21-12-11-18-14-17(15)21/h3,11-14,16,19H,1,4-10H2,2H3. The first-order valence-electron chi connectivity index (χ1n) is 7.98. The molecule has 1 unspecified atom stereocenters. The number of fused-ring (bicyclic) bond motifs is 1. The highest BCUT2D eigenvalue weighted by atomic mass is 15.2. The van der Waals surface area contributed by atoms with Gasteiger partial charge in [0, 0.05) is 24.0 Å². The van der Waals surface area contributed by atoms with Gasteiger partial charge in [0.2, 0.25) is 0 Å². The van der Waals surface area contributed by atoms with E-state index in [1.54, 1.807) is 6.20 Å². The van der Waals surface area contributed by atoms with E-state index in [0.29, 0.717) is 6.04 Å². The maximum absolute atomic E-state index is 4.43. The normalized spacial score (nSPS) is 12.6. The smallest absolute Gasteiger partial charge is 0.0892 e. The molecule has 0 amide bonds. The Balaban J connectivity index is 2.02. The molecule has 0 saturated carbocycles. The van der Waals surface area contributed by atoms with Crippen molar-refractivity contribution in [2.75, 3.05) is 6.54 Å². The predicted molar refractivity (Wildman–Crippen MR) is 87.3 cm³/mol. The summed E-state index contributed by atoms with van der Waals surface area (Å²) in [6.45, 7) is 7.02. The second-order valence-electron chi connectivity index (χ2n) is 5.44. The zero-order chi connectivity index (χ0) is 14.9. The van der Waals surface area contributed by atoms with E-state index < -0.39 is 0 Å². The monoisotopic (exact) mass is 286 g/mol. The van der Waals surface area contributed by atoms with Crippen molar-refractivity contribution in [3.63, 3.8) is 0 Å². The third-order valence-electron chi connectivity index (χ3n) is 3.77. The average Bonchev–Trinajstić information content (AvgIpc) is 2.94. The molecule has 0 aliphatic carbocycles. The van der Waals surface area contributed by atoms with Gasteiger partial charge in [-0.3, -0.25) is 4.98 Å². The Kier molecular flexibility index (Phi) is 6.41. The molecule has 4 heteroatoms. The molecule has 0 spiro atoms. The summed E-state index contributed by atoms with van der Waals surface area (Å²) in [5, 5.41) is 8.08. The molecule has 21 heavy (non-hydrogen) atoms. The van der Waals surface area contributed by atoms with Crippen LogP contribution in [0, 0.1) is 0 Å². The molecule has 1 atom stereocenters. The highest BCUT2D eigenvalue weighted by molar-refractivity contribution is 5.53. The molecule has 0 aliphatic heterocycles. The zero-order valence-corrected chi connectivity index (χ0v) is 13.0. The average molecular weight is 286 g/mol. The van der Waals surface area contributed by atoms with Crippen molar-refractivity contribution in [2.45, 2.75) is 51.5 Å². The summed E-state index contributed by atoms with van der Waals surface area (Å²) in [4.78, 5) is 4.23. The van der Waals surface area contributed by atoms with Crippen molar-refractivity contribution in [3.8, 4) is 0 Å². The Hall–Kier alpha value is -1.68. The summed E-state index contributed by atoms with van der Waals surface area (Å²) in [7, 11) is 0. The van der Waals surface area contributed by atoms with Crippen LogP contribution in [-0.4, -0.2) is 21.1 Å². The van der Waals surface area contributed by atoms with Crippen molar-refractivity contribution >= 4 is 5.52 Å². The lowest BCUT2D eigenvalue weighted by Gasteiger charge is -2.17. The van der Waals surface area contributed by atoms with Crippen LogP contribution in [0.2, 0.25) is 0 Å². The van der Waals surface area contributed by atoms with E-state index >= 15 is 0 Å². The van der Waals surface area contributed by atoms with Gasteiger partial charge in [-0.15, -0.1) is 6.58 Å². The van der Waals surface area contributed by atoms with E-state index in [1.807, 2.05) is 29.2 Å². The van der Waals surface area contributed by atoms with Crippen LogP contribution in [0.15, 0.2) is 37.4 Å². The van der Waals surface area contributed by atoms with Gasteiger partial charge < -0.3 is 5.32 Å². The molecule has 0 saturated heterocycles. The molecule has 0 aromatic carbocycles. The molecular formula is C17H26N4. The molecule has 114 valence electrons. The van der Waals surface area contributed by atoms with Crippen molar-refractivity contribution in [3.05, 3.63) is 43.0 Å². The van der Waals surface area contributed by atoms with E-state index in [0.717, 1.165) is 31.3 Å². The Bertz CT molecular complexity index is 546. The fourth-order valence-corrected chi connectivity index (χ4v) is 2.62. The number of nitrogens with zero attached hydrogens (tertiary/aromatic N) is 3. The number of hydrogen-bond donors (Lipinski definition) is 1. The van der Waals surface area contributed by atoms with E-state index in [1.165, 1.54) is 24.8 Å². The fraction of sp³-hybridized carbons (Fsp3) is 0.529. The lowest BCUT2D eigenvalue weighted by atomic mass is 10.0. The SMILES string of the molecule is C=CCCCCCC(NCCC)c1cnn2ccncc12. The minimum atomic E-state index is 0.371. The van der Waals surface area contributed by atoms with Crippen molar-refractivity contribution in [1.29, 1.82) is 0 Å². The topological polar surface area (TPSA) is 42.2 Å². The third-order valence-corrected chi connectivity index (χ3v) is 3.77. The minimum absolute atomic E-state index is 0.371. The van der Waals surface area contributed by atoms with Gasteiger partial charge in [-0.25, -0.2) is 4.52 Å². The van der Waals surface area contributed by atoms with E-state index in [2.05, 4.69) is 28.9 Å². The minimum Gasteiger partial charge on any atom is -0.310 e. The van der Waals surface area contributed by atoms with Crippen LogP contribution >= 0.6 is 0 Å². The summed E-state index contributed by atoms with van der Waals surface area (Å²) in [5.41, 5.74) is 2.37. The highest BCUT2D eigenvalue weighted by Crippen LogP contribution is 2.24. The molecule has 0 fully saturated rings. The molecule has 4 nitrogen and oxygen atoms in total. The largest absolute Gasteiger partial charge is 0.310 e. The summed E-state index contributed by atoms with van der Waals surface area (Å²) < 4.78 is 1.90. The summed E-state index contributed by atoms with van der Waals surface area (Å²) in [6.07, 6.45) is 16.7. The lowest BCUT2D eigenvalue weighted by molar-refractivity contribution is 0.474. The van der Waals surface area contributed by atoms with Crippen molar-refractivity contribution in [1.82, 2.24) is 19.9 Å². The van der Waals surface area contributed by atoms with Crippen LogP contribution in [0.3, 0.4) is 0 Å². The second kappa shape index (κ2) is 8.57. The fourth-order valence-electron chi connectivity index (χ4n) is 2.62. The molecule has 2 aromatic heterocycles. The number of unbranched alkanes of at least 4 members (excludes halogenated alkanes) is 3. The first kappa shape index (κ1) is 15.7. The van der Waals surface area contributed by atoms with Gasteiger partial charge in [0.15, 0.2) is 0 Å². The Morgan fingerprint density at radius 1 is 1.33 bits per heavy atom. The summed E-state index contributed by atoms with van der Waals surface area (Å²) in [5.74, 6) is 0. The first-order chi connectivity index (χ1) is 10.4. The Morgan fingerprint density at radius 2 is 2.24 bits per heavy atom. The number of nitrogens with one attached hydrogen (secondary N) is 1. The molecule has 2 aromatic rings. The number of hydrogen-bond acceptors (Lipinski definition) is 3. The molecule has 0 radical (unpaired) electrons. The second-order valence-corrected chi connectivity index (χ2v) is 5.44. The lowest BCUT2D eigenvalue weighted by Crippen LogP contribution is -2.22. The number of allylic oxidation sites excluding steroid dienone is 1. The van der Waals surface area contributed by atoms with Crippen LogP contribution in [0.25, 0.3) is 5.52 Å². The van der Waals surface area contributed by atoms with Crippen molar-refractivity contribution in [2.24, 2.45) is 0 Å². The maximum Gasteiger partial charge on any atom is 0.0892 e. The van der Waals surface area contributed by atoms with Gasteiger partial charge in [0.1, 0.15) is 0 Å². The molecule has 1 N–H and O–H groups in total. The van der Waals surface area contributed by atoms with Gasteiger partial charge >= 0.3 is 0 Å². The van der Waals surface area contributed by atoms with E-state index in [9.17, 15) is 0 Å². The third kappa shape index (κ3) is 4.39. The summed E-state index contributed by atoms with van der Waals surface area (Å²) in [6, 6.07) is 0.371. The van der Waals surface area contributed by atoms with E-state index in [-0.39, 0.29) is 0 Å². The Morgan fingerprint density at radius 3 is 3.05 bits per heavy atom. The quantitative estimate of drug-likeness (QED) is 0.532. The van der Waals surface area contributed by atoms with Crippen molar-refractivity contribution < 1.29 is 0 Å². The van der Waals surface area contributed by atoms with Gasteiger partial charge in [-0.2, -0.15) is 5.10 Å². The van der Waals surface area contributed by atoms with Crippen LogP contribution in [0.4, 0.5) is 0 Å². The first-order valence-corrected chi connectivity index (χ1v) is 7.98. The van der Waals surface area contributed by atoms with Crippen LogP contribution in [0.5, 0.6) is 0 Å². The molecule has 0 bridgehead atoms. The van der Waals surface area contributed by atoms with Gasteiger partial charge in [0.25, 0.3) is 0 Å². The molecule has 0 aliphatic rings. The van der Waals surface area contributed by atoms with Crippen LogP contribution in [-0.2, 0) is 0 Å². The van der Waals surface area contributed by atoms with E-state index in [4.69, 9.17) is 0 Å². The maximum atomic E-state index is 4.43. The highest BCUT2D eigenvalue weighted by Gasteiger charge is 2.15. The molecular weight excluding hydrogens is 260 g/mol. The predicted octanol–water partition coefficient (Wildman–Crippen LogP) is 3.91. The van der Waals surface area contributed by atoms with Gasteiger partial charge in [-0.1, -0.05) is 25.8 Å². The van der Waals surface area contributed by atoms with Crippen LogP contribution in [0.1, 0.15) is 57.1 Å².